The fourth-order valence-corrected chi connectivity index (χ4v) is 3.30. The molecule has 0 aliphatic carbocycles. The highest BCUT2D eigenvalue weighted by Crippen LogP contribution is 2.40. The number of nitrogens with zero attached hydrogens (tertiary/aromatic N) is 1. The first-order chi connectivity index (χ1) is 12.8. The maximum absolute atomic E-state index is 2.33. The molecule has 0 bridgehead atoms. The second-order valence-corrected chi connectivity index (χ2v) is 6.39. The normalized spacial score (nSPS) is 10.5. The summed E-state index contributed by atoms with van der Waals surface area (Å²) < 4.78 is 0. The molecule has 0 N–H and O–H groups in total. The molecule has 0 saturated carbocycles. The molecule has 0 aromatic heterocycles. The minimum absolute atomic E-state index is 1.15. The summed E-state index contributed by atoms with van der Waals surface area (Å²) in [7, 11) is 0. The topological polar surface area (TPSA) is 3.24 Å². The maximum atomic E-state index is 2.33. The highest BCUT2D eigenvalue weighted by atomic mass is 15.1. The van der Waals surface area contributed by atoms with Crippen molar-refractivity contribution < 1.29 is 0 Å². The molecule has 0 amide bonds. The summed E-state index contributed by atoms with van der Waals surface area (Å²) in [5, 5.41) is 0. The van der Waals surface area contributed by atoms with Crippen LogP contribution >= 0.6 is 0 Å². The molecule has 126 valence electrons. The fourth-order valence-electron chi connectivity index (χ4n) is 3.30. The molecular weight excluding hydrogens is 314 g/mol. The molecule has 0 atom stereocenters. The van der Waals surface area contributed by atoms with Crippen molar-refractivity contribution in [3.05, 3.63) is 115 Å². The molecule has 0 radical (unpaired) electrons. The largest absolute Gasteiger partial charge is 0.310 e. The van der Waals surface area contributed by atoms with Gasteiger partial charge in [0.25, 0.3) is 0 Å². The molecule has 4 rings (SSSR count). The third-order valence-corrected chi connectivity index (χ3v) is 4.50. The quantitative estimate of drug-likeness (QED) is 0.383. The average Bonchev–Trinajstić information content (AvgIpc) is 2.70. The van der Waals surface area contributed by atoms with Gasteiger partial charge >= 0.3 is 0 Å². The highest BCUT2D eigenvalue weighted by Gasteiger charge is 2.16. The van der Waals surface area contributed by atoms with E-state index in [0.717, 1.165) is 5.69 Å². The first-order valence-electron chi connectivity index (χ1n) is 8.89. The number of hydrogen-bond acceptors (Lipinski definition) is 1. The van der Waals surface area contributed by atoms with Gasteiger partial charge in [0.15, 0.2) is 0 Å². The number of anilines is 3. The van der Waals surface area contributed by atoms with Gasteiger partial charge in [-0.15, -0.1) is 0 Å². The minimum atomic E-state index is 1.15. The monoisotopic (exact) mass is 335 g/mol. The summed E-state index contributed by atoms with van der Waals surface area (Å²) in [5.74, 6) is 0. The van der Waals surface area contributed by atoms with Crippen LogP contribution in [0.3, 0.4) is 0 Å². The van der Waals surface area contributed by atoms with Crippen LogP contribution in [0.4, 0.5) is 17.1 Å². The van der Waals surface area contributed by atoms with Crippen LogP contribution < -0.4 is 4.90 Å². The van der Waals surface area contributed by atoms with Gasteiger partial charge in [0.2, 0.25) is 0 Å². The Bertz CT molecular complexity index is 991. The minimum Gasteiger partial charge on any atom is -0.310 e. The van der Waals surface area contributed by atoms with Gasteiger partial charge in [-0.25, -0.2) is 0 Å². The van der Waals surface area contributed by atoms with Gasteiger partial charge in [0.05, 0.1) is 5.69 Å². The summed E-state index contributed by atoms with van der Waals surface area (Å²) in [5.41, 5.74) is 7.19. The Morgan fingerprint density at radius 2 is 1.15 bits per heavy atom. The van der Waals surface area contributed by atoms with E-state index in [9.17, 15) is 0 Å². The first-order valence-corrected chi connectivity index (χ1v) is 8.89. The second kappa shape index (κ2) is 7.28. The van der Waals surface area contributed by atoms with Crippen LogP contribution in [0.15, 0.2) is 109 Å². The number of rotatable bonds is 4. The van der Waals surface area contributed by atoms with Crippen LogP contribution in [-0.4, -0.2) is 0 Å². The molecule has 0 unspecified atom stereocenters. The van der Waals surface area contributed by atoms with Crippen molar-refractivity contribution in [1.29, 1.82) is 0 Å². The predicted molar refractivity (Wildman–Crippen MR) is 111 cm³/mol. The summed E-state index contributed by atoms with van der Waals surface area (Å²) in [6.45, 7) is 2.13. The van der Waals surface area contributed by atoms with Crippen molar-refractivity contribution in [2.45, 2.75) is 6.92 Å². The molecule has 0 saturated heterocycles. The average molecular weight is 335 g/mol. The molecule has 0 heterocycles. The maximum Gasteiger partial charge on any atom is 0.0540 e. The summed E-state index contributed by atoms with van der Waals surface area (Å²) in [4.78, 5) is 2.33. The smallest absolute Gasteiger partial charge is 0.0540 e. The van der Waals surface area contributed by atoms with Crippen molar-refractivity contribution in [2.75, 3.05) is 4.90 Å². The Hall–Kier alpha value is -3.32. The van der Waals surface area contributed by atoms with E-state index >= 15 is 0 Å². The third kappa shape index (κ3) is 3.25. The Balaban J connectivity index is 1.94. The zero-order valence-corrected chi connectivity index (χ0v) is 14.8. The van der Waals surface area contributed by atoms with Crippen LogP contribution in [0.25, 0.3) is 11.1 Å². The molecule has 4 aromatic rings. The summed E-state index contributed by atoms with van der Waals surface area (Å²) >= 11 is 0. The molecule has 0 aliphatic rings. The molecule has 26 heavy (non-hydrogen) atoms. The zero-order valence-electron chi connectivity index (χ0n) is 14.8. The van der Waals surface area contributed by atoms with E-state index in [-0.39, 0.29) is 0 Å². The van der Waals surface area contributed by atoms with Gasteiger partial charge in [-0.05, 0) is 48.4 Å². The zero-order chi connectivity index (χ0) is 17.8. The van der Waals surface area contributed by atoms with Gasteiger partial charge in [-0.2, -0.15) is 0 Å². The lowest BCUT2D eigenvalue weighted by molar-refractivity contribution is 1.27. The van der Waals surface area contributed by atoms with Crippen LogP contribution in [0.1, 0.15) is 5.56 Å². The molecule has 1 nitrogen and oxygen atoms in total. The van der Waals surface area contributed by atoms with Crippen molar-refractivity contribution in [3.63, 3.8) is 0 Å². The lowest BCUT2D eigenvalue weighted by Gasteiger charge is -2.28. The molecule has 1 heteroatoms. The van der Waals surface area contributed by atoms with Crippen molar-refractivity contribution in [2.24, 2.45) is 0 Å². The van der Waals surface area contributed by atoms with E-state index in [4.69, 9.17) is 0 Å². The second-order valence-electron chi connectivity index (χ2n) is 6.39. The Kier molecular flexibility index (Phi) is 4.53. The van der Waals surface area contributed by atoms with Crippen molar-refractivity contribution >= 4 is 17.1 Å². The van der Waals surface area contributed by atoms with E-state index in [2.05, 4.69) is 121 Å². The van der Waals surface area contributed by atoms with Gasteiger partial charge in [0, 0.05) is 16.9 Å². The molecule has 0 spiro atoms. The predicted octanol–water partition coefficient (Wildman–Crippen LogP) is 7.13. The van der Waals surface area contributed by atoms with Crippen molar-refractivity contribution in [3.8, 4) is 11.1 Å². The number of benzene rings is 4. The number of hydrogen-bond donors (Lipinski definition) is 0. The van der Waals surface area contributed by atoms with Gasteiger partial charge in [-0.1, -0.05) is 78.9 Å². The molecular formula is C25H21N. The van der Waals surface area contributed by atoms with Crippen LogP contribution in [0.5, 0.6) is 0 Å². The summed E-state index contributed by atoms with van der Waals surface area (Å²) in [6, 6.07) is 38.3. The Morgan fingerprint density at radius 1 is 0.538 bits per heavy atom. The van der Waals surface area contributed by atoms with Gasteiger partial charge in [-0.3, -0.25) is 0 Å². The van der Waals surface area contributed by atoms with E-state index in [1.54, 1.807) is 0 Å². The van der Waals surface area contributed by atoms with E-state index in [1.807, 2.05) is 0 Å². The number of para-hydroxylation sites is 2. The lowest BCUT2D eigenvalue weighted by atomic mass is 10.0. The van der Waals surface area contributed by atoms with Crippen molar-refractivity contribution in [1.82, 2.24) is 0 Å². The molecule has 0 aliphatic heterocycles. The molecule has 4 aromatic carbocycles. The fraction of sp³-hybridized carbons (Fsp3) is 0.0400. The van der Waals surface area contributed by atoms with Crippen LogP contribution in [-0.2, 0) is 0 Å². The highest BCUT2D eigenvalue weighted by molar-refractivity contribution is 5.87. The Morgan fingerprint density at radius 3 is 1.88 bits per heavy atom. The van der Waals surface area contributed by atoms with E-state index < -0.39 is 0 Å². The third-order valence-electron chi connectivity index (χ3n) is 4.50. The Labute approximate surface area is 155 Å². The first kappa shape index (κ1) is 16.2. The number of aryl methyl sites for hydroxylation is 1. The lowest BCUT2D eigenvalue weighted by Crippen LogP contribution is -2.11. The summed E-state index contributed by atoms with van der Waals surface area (Å²) in [6.07, 6.45) is 0. The molecule has 0 fully saturated rings. The SMILES string of the molecule is Cc1cccc(N(c2ccccc2)c2ccccc2-c2ccccc2)c1. The van der Waals surface area contributed by atoms with E-state index in [1.165, 1.54) is 28.1 Å². The van der Waals surface area contributed by atoms with Crippen LogP contribution in [0, 0.1) is 6.92 Å². The standard InChI is InChI=1S/C25H21N/c1-20-11-10-16-23(19-20)26(22-14-6-3-7-15-22)25-18-9-8-17-24(25)21-12-4-2-5-13-21/h2-19H,1H3. The van der Waals surface area contributed by atoms with E-state index in [0.29, 0.717) is 0 Å². The van der Waals surface area contributed by atoms with Gasteiger partial charge < -0.3 is 4.90 Å². The van der Waals surface area contributed by atoms with Crippen LogP contribution in [0.2, 0.25) is 0 Å². The van der Waals surface area contributed by atoms with Gasteiger partial charge in [0.1, 0.15) is 0 Å².